The summed E-state index contributed by atoms with van der Waals surface area (Å²) in [7, 11) is 0. The van der Waals surface area contributed by atoms with Crippen molar-refractivity contribution >= 4 is 30.7 Å². The molecule has 9 heteroatoms. The van der Waals surface area contributed by atoms with Crippen LogP contribution in [0.15, 0.2) is 28.9 Å². The van der Waals surface area contributed by atoms with E-state index < -0.39 is 0 Å². The summed E-state index contributed by atoms with van der Waals surface area (Å²) in [5.41, 5.74) is 0.720. The summed E-state index contributed by atoms with van der Waals surface area (Å²) in [6, 6.07) is 5.65. The quantitative estimate of drug-likeness (QED) is 0.764. The van der Waals surface area contributed by atoms with Crippen molar-refractivity contribution in [3.05, 3.63) is 30.3 Å². The maximum atomic E-state index is 12.5. The molecular formula is C20H29Cl2N5O2. The smallest absolute Gasteiger partial charge is 0.230 e. The minimum atomic E-state index is 0. The van der Waals surface area contributed by atoms with Crippen LogP contribution in [0.3, 0.4) is 0 Å². The van der Waals surface area contributed by atoms with E-state index in [4.69, 9.17) is 4.52 Å². The third-order valence-corrected chi connectivity index (χ3v) is 5.76. The summed E-state index contributed by atoms with van der Waals surface area (Å²) >= 11 is 0. The monoisotopic (exact) mass is 441 g/mol. The SMILES string of the molecule is Cl.Cl.O=C(CCC1CCNCC1)N1CCC(c2nc(-c3ccccn3)no2)CC1. The summed E-state index contributed by atoms with van der Waals surface area (Å²) in [6.07, 6.45) is 7.58. The number of pyridine rings is 1. The summed E-state index contributed by atoms with van der Waals surface area (Å²) in [6.45, 7) is 3.73. The number of nitrogens with one attached hydrogen (secondary N) is 1. The number of carbonyl (C=O) groups is 1. The van der Waals surface area contributed by atoms with E-state index in [0.29, 0.717) is 30.0 Å². The van der Waals surface area contributed by atoms with E-state index in [-0.39, 0.29) is 30.7 Å². The second-order valence-corrected chi connectivity index (χ2v) is 7.56. The van der Waals surface area contributed by atoms with E-state index in [1.54, 1.807) is 6.20 Å². The van der Waals surface area contributed by atoms with Gasteiger partial charge in [0, 0.05) is 31.6 Å². The molecule has 2 aromatic rings. The molecule has 2 aliphatic heterocycles. The van der Waals surface area contributed by atoms with Crippen LogP contribution in [0.5, 0.6) is 0 Å². The van der Waals surface area contributed by atoms with E-state index in [1.807, 2.05) is 23.1 Å². The Balaban J connectivity index is 0.00000150. The van der Waals surface area contributed by atoms with Gasteiger partial charge >= 0.3 is 0 Å². The first kappa shape index (κ1) is 23.6. The standard InChI is InChI=1S/C20H27N5O2.2ClH/c26-18(5-4-15-6-11-21-12-7-15)25-13-8-16(9-14-25)20-23-19(24-27-20)17-3-1-2-10-22-17;;/h1-3,10,15-16,21H,4-9,11-14H2;2*1H. The van der Waals surface area contributed by atoms with Gasteiger partial charge in [0.05, 0.1) is 0 Å². The predicted molar refractivity (Wildman–Crippen MR) is 115 cm³/mol. The molecule has 2 aromatic heterocycles. The molecule has 0 aromatic carbocycles. The normalized spacial score (nSPS) is 18.0. The number of nitrogens with zero attached hydrogens (tertiary/aromatic N) is 4. The molecular weight excluding hydrogens is 413 g/mol. The molecule has 7 nitrogen and oxygen atoms in total. The topological polar surface area (TPSA) is 84.2 Å². The minimum Gasteiger partial charge on any atom is -0.343 e. The fourth-order valence-electron chi connectivity index (χ4n) is 4.03. The number of hydrogen-bond acceptors (Lipinski definition) is 6. The van der Waals surface area contributed by atoms with Gasteiger partial charge in [0.2, 0.25) is 17.6 Å². The Hall–Kier alpha value is -1.70. The summed E-state index contributed by atoms with van der Waals surface area (Å²) in [5, 5.41) is 7.44. The Morgan fingerprint density at radius 2 is 1.90 bits per heavy atom. The molecule has 0 bridgehead atoms. The van der Waals surface area contributed by atoms with Crippen LogP contribution in [0.2, 0.25) is 0 Å². The molecule has 1 amide bonds. The van der Waals surface area contributed by atoms with Crippen LogP contribution in [0, 0.1) is 5.92 Å². The van der Waals surface area contributed by atoms with Gasteiger partial charge in [0.25, 0.3) is 0 Å². The van der Waals surface area contributed by atoms with Crippen molar-refractivity contribution in [3.63, 3.8) is 0 Å². The Kier molecular flexibility index (Phi) is 9.33. The van der Waals surface area contributed by atoms with Crippen LogP contribution < -0.4 is 5.32 Å². The fourth-order valence-corrected chi connectivity index (χ4v) is 4.03. The molecule has 4 heterocycles. The maximum absolute atomic E-state index is 12.5. The van der Waals surface area contributed by atoms with Crippen LogP contribution in [-0.4, -0.2) is 52.1 Å². The van der Waals surface area contributed by atoms with Crippen LogP contribution >= 0.6 is 24.8 Å². The van der Waals surface area contributed by atoms with Crippen LogP contribution in [0.4, 0.5) is 0 Å². The highest BCUT2D eigenvalue weighted by atomic mass is 35.5. The van der Waals surface area contributed by atoms with Gasteiger partial charge in [-0.3, -0.25) is 9.78 Å². The average Bonchev–Trinajstić information content (AvgIpc) is 3.24. The van der Waals surface area contributed by atoms with Gasteiger partial charge in [0.1, 0.15) is 5.69 Å². The Bertz CT molecular complexity index is 744. The van der Waals surface area contributed by atoms with Crippen molar-refractivity contribution in [1.82, 2.24) is 25.3 Å². The maximum Gasteiger partial charge on any atom is 0.230 e. The predicted octanol–water partition coefficient (Wildman–Crippen LogP) is 3.46. The van der Waals surface area contributed by atoms with E-state index in [0.717, 1.165) is 51.1 Å². The molecule has 0 aliphatic carbocycles. The zero-order valence-electron chi connectivity index (χ0n) is 16.5. The number of aromatic nitrogens is 3. The van der Waals surface area contributed by atoms with Gasteiger partial charge in [-0.2, -0.15) is 4.98 Å². The second kappa shape index (κ2) is 11.5. The average molecular weight is 442 g/mol. The lowest BCUT2D eigenvalue weighted by Crippen LogP contribution is -2.38. The van der Waals surface area contributed by atoms with Gasteiger partial charge in [-0.1, -0.05) is 11.2 Å². The number of piperidine rings is 2. The molecule has 1 N–H and O–H groups in total. The molecule has 0 spiro atoms. The van der Waals surface area contributed by atoms with E-state index in [9.17, 15) is 4.79 Å². The number of amides is 1. The van der Waals surface area contributed by atoms with E-state index >= 15 is 0 Å². The first-order chi connectivity index (χ1) is 13.3. The number of likely N-dealkylation sites (tertiary alicyclic amines) is 1. The Labute approximate surface area is 183 Å². The summed E-state index contributed by atoms with van der Waals surface area (Å²) < 4.78 is 5.47. The van der Waals surface area contributed by atoms with Crippen molar-refractivity contribution in [2.24, 2.45) is 5.92 Å². The van der Waals surface area contributed by atoms with Crippen molar-refractivity contribution in [3.8, 4) is 11.5 Å². The third-order valence-electron chi connectivity index (χ3n) is 5.76. The minimum absolute atomic E-state index is 0. The molecule has 0 radical (unpaired) electrons. The highest BCUT2D eigenvalue weighted by molar-refractivity contribution is 5.85. The molecule has 0 atom stereocenters. The highest BCUT2D eigenvalue weighted by Crippen LogP contribution is 2.29. The number of halogens is 2. The van der Waals surface area contributed by atoms with E-state index in [1.165, 1.54) is 12.8 Å². The van der Waals surface area contributed by atoms with Crippen molar-refractivity contribution in [2.75, 3.05) is 26.2 Å². The number of carbonyl (C=O) groups excluding carboxylic acids is 1. The fraction of sp³-hybridized carbons (Fsp3) is 0.600. The van der Waals surface area contributed by atoms with Gasteiger partial charge in [0.15, 0.2) is 0 Å². The van der Waals surface area contributed by atoms with Gasteiger partial charge in [-0.15, -0.1) is 24.8 Å². The van der Waals surface area contributed by atoms with Gasteiger partial charge in [-0.25, -0.2) is 0 Å². The highest BCUT2D eigenvalue weighted by Gasteiger charge is 2.28. The largest absolute Gasteiger partial charge is 0.343 e. The first-order valence-corrected chi connectivity index (χ1v) is 10.0. The van der Waals surface area contributed by atoms with Crippen LogP contribution in [-0.2, 0) is 4.79 Å². The Morgan fingerprint density at radius 3 is 2.59 bits per heavy atom. The first-order valence-electron chi connectivity index (χ1n) is 10.0. The van der Waals surface area contributed by atoms with E-state index in [2.05, 4.69) is 20.4 Å². The molecule has 2 aliphatic rings. The van der Waals surface area contributed by atoms with Gasteiger partial charge in [-0.05, 0) is 63.2 Å². The van der Waals surface area contributed by atoms with Crippen molar-refractivity contribution in [1.29, 1.82) is 0 Å². The molecule has 0 unspecified atom stereocenters. The number of hydrogen-bond donors (Lipinski definition) is 1. The van der Waals surface area contributed by atoms with Crippen LogP contribution in [0.25, 0.3) is 11.5 Å². The third kappa shape index (κ3) is 6.14. The molecule has 2 saturated heterocycles. The molecule has 0 saturated carbocycles. The molecule has 2 fully saturated rings. The second-order valence-electron chi connectivity index (χ2n) is 7.56. The zero-order valence-corrected chi connectivity index (χ0v) is 18.1. The lowest BCUT2D eigenvalue weighted by atomic mass is 9.92. The van der Waals surface area contributed by atoms with Crippen LogP contribution in [0.1, 0.15) is 50.3 Å². The lowest BCUT2D eigenvalue weighted by molar-refractivity contribution is -0.132. The lowest BCUT2D eigenvalue weighted by Gasteiger charge is -2.31. The molecule has 4 rings (SSSR count). The zero-order chi connectivity index (χ0) is 18.5. The van der Waals surface area contributed by atoms with Gasteiger partial charge < -0.3 is 14.7 Å². The summed E-state index contributed by atoms with van der Waals surface area (Å²) in [5.74, 6) is 2.43. The van der Waals surface area contributed by atoms with Crippen molar-refractivity contribution in [2.45, 2.75) is 44.4 Å². The van der Waals surface area contributed by atoms with Crippen molar-refractivity contribution < 1.29 is 9.32 Å². The molecule has 29 heavy (non-hydrogen) atoms. The summed E-state index contributed by atoms with van der Waals surface area (Å²) in [4.78, 5) is 23.3. The number of rotatable bonds is 5. The molecule has 160 valence electrons. The Morgan fingerprint density at radius 1 is 1.14 bits per heavy atom.